The van der Waals surface area contributed by atoms with E-state index in [9.17, 15) is 18.0 Å². The zero-order chi connectivity index (χ0) is 15.1. The van der Waals surface area contributed by atoms with Crippen molar-refractivity contribution in [3.05, 3.63) is 52.2 Å². The van der Waals surface area contributed by atoms with Crippen LogP contribution in [0.3, 0.4) is 0 Å². The largest absolute Gasteiger partial charge is 0.327 e. The highest BCUT2D eigenvalue weighted by Gasteiger charge is 2.15. The molecular weight excluding hydrogens is 283 g/mol. The molecule has 7 heteroatoms. The van der Waals surface area contributed by atoms with E-state index in [0.717, 1.165) is 12.1 Å². The molecule has 0 bridgehead atoms. The van der Waals surface area contributed by atoms with Crippen molar-refractivity contribution in [1.82, 2.24) is 14.5 Å². The van der Waals surface area contributed by atoms with Crippen LogP contribution in [-0.2, 0) is 7.05 Å². The van der Waals surface area contributed by atoms with Crippen LogP contribution in [0.2, 0.25) is 0 Å². The lowest BCUT2D eigenvalue weighted by Gasteiger charge is -2.06. The van der Waals surface area contributed by atoms with Crippen LogP contribution in [0.15, 0.2) is 35.1 Å². The van der Waals surface area contributed by atoms with Gasteiger partial charge in [-0.05, 0) is 30.3 Å². The Morgan fingerprint density at radius 2 is 2.00 bits per heavy atom. The van der Waals surface area contributed by atoms with Crippen LogP contribution in [0.25, 0.3) is 22.4 Å². The minimum absolute atomic E-state index is 0.318. The number of nitrogens with one attached hydrogen (secondary N) is 1. The van der Waals surface area contributed by atoms with Gasteiger partial charge in [0.15, 0.2) is 5.65 Å². The molecule has 3 rings (SSSR count). The molecule has 0 saturated heterocycles. The summed E-state index contributed by atoms with van der Waals surface area (Å²) in [7, 11) is 1.55. The third kappa shape index (κ3) is 2.20. The lowest BCUT2D eigenvalue weighted by Crippen LogP contribution is -2.12. The van der Waals surface area contributed by atoms with Gasteiger partial charge in [0.25, 0.3) is 6.43 Å². The zero-order valence-corrected chi connectivity index (χ0v) is 10.9. The van der Waals surface area contributed by atoms with E-state index in [0.29, 0.717) is 22.4 Å². The van der Waals surface area contributed by atoms with Crippen LogP contribution in [0.1, 0.15) is 12.0 Å². The van der Waals surface area contributed by atoms with Crippen molar-refractivity contribution >= 4 is 11.2 Å². The van der Waals surface area contributed by atoms with E-state index in [-0.39, 0.29) is 5.69 Å². The summed E-state index contributed by atoms with van der Waals surface area (Å²) in [4.78, 5) is 18.4. The van der Waals surface area contributed by atoms with Crippen molar-refractivity contribution in [3.8, 4) is 11.3 Å². The van der Waals surface area contributed by atoms with Gasteiger partial charge in [-0.3, -0.25) is 4.57 Å². The maximum atomic E-state index is 13.3. The van der Waals surface area contributed by atoms with E-state index >= 15 is 0 Å². The minimum atomic E-state index is -2.90. The summed E-state index contributed by atoms with van der Waals surface area (Å²) in [6.07, 6.45) is -2.90. The van der Waals surface area contributed by atoms with Crippen LogP contribution < -0.4 is 5.69 Å². The second-order valence-corrected chi connectivity index (χ2v) is 4.59. The first-order valence-corrected chi connectivity index (χ1v) is 6.11. The molecule has 108 valence electrons. The Kier molecular flexibility index (Phi) is 3.04. The zero-order valence-electron chi connectivity index (χ0n) is 10.9. The van der Waals surface area contributed by atoms with Gasteiger partial charge in [0, 0.05) is 12.6 Å². The van der Waals surface area contributed by atoms with Crippen LogP contribution in [-0.4, -0.2) is 14.5 Å². The maximum absolute atomic E-state index is 13.3. The molecule has 0 saturated carbocycles. The number of halogens is 3. The first kappa shape index (κ1) is 13.4. The number of rotatable bonds is 2. The molecule has 0 fully saturated rings. The molecule has 21 heavy (non-hydrogen) atoms. The number of hydrogen-bond acceptors (Lipinski definition) is 2. The Balaban J connectivity index is 2.18. The molecule has 1 N–H and O–H groups in total. The van der Waals surface area contributed by atoms with Gasteiger partial charge >= 0.3 is 5.69 Å². The fraction of sp³-hybridized carbons (Fsp3) is 0.143. The Morgan fingerprint density at radius 1 is 1.24 bits per heavy atom. The molecular formula is C14H10F3N3O. The minimum Gasteiger partial charge on any atom is -0.304 e. The van der Waals surface area contributed by atoms with E-state index in [4.69, 9.17) is 0 Å². The number of H-pyrrole nitrogens is 1. The van der Waals surface area contributed by atoms with Gasteiger partial charge in [-0.15, -0.1) is 0 Å². The van der Waals surface area contributed by atoms with Crippen molar-refractivity contribution in [2.24, 2.45) is 7.05 Å². The fourth-order valence-electron chi connectivity index (χ4n) is 2.13. The molecule has 1 aromatic carbocycles. The molecule has 0 aliphatic rings. The third-order valence-corrected chi connectivity index (χ3v) is 3.27. The van der Waals surface area contributed by atoms with Gasteiger partial charge in [0.05, 0.1) is 16.8 Å². The molecule has 0 atom stereocenters. The predicted octanol–water partition coefficient (Wildman–Crippen LogP) is 3.01. The summed E-state index contributed by atoms with van der Waals surface area (Å²) in [6.45, 7) is 0. The Labute approximate surface area is 116 Å². The summed E-state index contributed by atoms with van der Waals surface area (Å²) in [5.41, 5.74) is 0.712. The van der Waals surface area contributed by atoms with E-state index in [2.05, 4.69) is 9.97 Å². The molecule has 0 unspecified atom stereocenters. The maximum Gasteiger partial charge on any atom is 0.327 e. The number of aromatic nitrogens is 3. The number of nitrogens with zero attached hydrogens (tertiary/aromatic N) is 2. The summed E-state index contributed by atoms with van der Waals surface area (Å²) < 4.78 is 40.1. The second-order valence-electron chi connectivity index (χ2n) is 4.59. The SMILES string of the molecule is Cn1c(=O)[nH]c2ccc(-c3ccc(F)c(C(F)F)c3)nc21. The summed E-state index contributed by atoms with van der Waals surface area (Å²) in [5, 5.41) is 0. The lowest BCUT2D eigenvalue weighted by atomic mass is 10.1. The van der Waals surface area contributed by atoms with Gasteiger partial charge in [0.2, 0.25) is 0 Å². The molecule has 3 aromatic rings. The predicted molar refractivity (Wildman–Crippen MR) is 71.7 cm³/mol. The number of benzene rings is 1. The number of aromatic amines is 1. The van der Waals surface area contributed by atoms with Crippen LogP contribution >= 0.6 is 0 Å². The van der Waals surface area contributed by atoms with Gasteiger partial charge in [-0.25, -0.2) is 22.9 Å². The summed E-state index contributed by atoms with van der Waals surface area (Å²) in [5.74, 6) is -0.955. The lowest BCUT2D eigenvalue weighted by molar-refractivity contribution is 0.146. The summed E-state index contributed by atoms with van der Waals surface area (Å²) in [6, 6.07) is 6.64. The van der Waals surface area contributed by atoms with Gasteiger partial charge in [0.1, 0.15) is 5.82 Å². The fourth-order valence-corrected chi connectivity index (χ4v) is 2.13. The molecule has 0 amide bonds. The molecule has 2 heterocycles. The molecule has 0 radical (unpaired) electrons. The molecule has 0 spiro atoms. The van der Waals surface area contributed by atoms with Crippen molar-refractivity contribution < 1.29 is 13.2 Å². The monoisotopic (exact) mass is 293 g/mol. The van der Waals surface area contributed by atoms with E-state index in [1.54, 1.807) is 19.2 Å². The molecule has 2 aromatic heterocycles. The van der Waals surface area contributed by atoms with Crippen LogP contribution in [0.5, 0.6) is 0 Å². The molecule has 0 aliphatic carbocycles. The van der Waals surface area contributed by atoms with Crippen LogP contribution in [0.4, 0.5) is 13.2 Å². The van der Waals surface area contributed by atoms with E-state index in [1.165, 1.54) is 10.6 Å². The number of fused-ring (bicyclic) bond motifs is 1. The Morgan fingerprint density at radius 3 is 2.71 bits per heavy atom. The van der Waals surface area contributed by atoms with E-state index in [1.807, 2.05) is 0 Å². The number of hydrogen-bond donors (Lipinski definition) is 1. The first-order chi connectivity index (χ1) is 9.97. The van der Waals surface area contributed by atoms with E-state index < -0.39 is 17.8 Å². The third-order valence-electron chi connectivity index (χ3n) is 3.27. The average Bonchev–Trinajstić information content (AvgIpc) is 2.74. The van der Waals surface area contributed by atoms with Crippen molar-refractivity contribution in [1.29, 1.82) is 0 Å². The standard InChI is InChI=1S/C14H10F3N3O/c1-20-13-11(19-14(20)21)5-4-10(18-13)7-2-3-9(15)8(6-7)12(16)17/h2-6,12H,1H3,(H,19,21). The topological polar surface area (TPSA) is 50.7 Å². The quantitative estimate of drug-likeness (QED) is 0.789. The average molecular weight is 293 g/mol. The smallest absolute Gasteiger partial charge is 0.304 e. The van der Waals surface area contributed by atoms with Crippen LogP contribution in [0, 0.1) is 5.82 Å². The van der Waals surface area contributed by atoms with Gasteiger partial charge < -0.3 is 4.98 Å². The van der Waals surface area contributed by atoms with Crippen molar-refractivity contribution in [3.63, 3.8) is 0 Å². The highest BCUT2D eigenvalue weighted by molar-refractivity contribution is 5.75. The summed E-state index contributed by atoms with van der Waals surface area (Å²) >= 11 is 0. The molecule has 0 aliphatic heterocycles. The first-order valence-electron chi connectivity index (χ1n) is 6.11. The highest BCUT2D eigenvalue weighted by atomic mass is 19.3. The number of pyridine rings is 1. The Bertz CT molecular complexity index is 883. The highest BCUT2D eigenvalue weighted by Crippen LogP contribution is 2.27. The number of imidazole rings is 1. The second kappa shape index (κ2) is 4.76. The molecule has 4 nitrogen and oxygen atoms in total. The van der Waals surface area contributed by atoms with Gasteiger partial charge in [-0.2, -0.15) is 0 Å². The normalized spacial score (nSPS) is 11.5. The van der Waals surface area contributed by atoms with Crippen molar-refractivity contribution in [2.45, 2.75) is 6.43 Å². The van der Waals surface area contributed by atoms with Crippen molar-refractivity contribution in [2.75, 3.05) is 0 Å². The number of aryl methyl sites for hydroxylation is 1. The number of alkyl halides is 2. The van der Waals surface area contributed by atoms with Gasteiger partial charge in [-0.1, -0.05) is 0 Å². The Hall–Kier alpha value is -2.57.